The second-order valence-corrected chi connectivity index (χ2v) is 9.62. The van der Waals surface area contributed by atoms with Crippen molar-refractivity contribution in [1.82, 2.24) is 0 Å². The van der Waals surface area contributed by atoms with Crippen LogP contribution in [0, 0.1) is 6.92 Å². The summed E-state index contributed by atoms with van der Waals surface area (Å²) < 4.78 is 32.2. The molecular formula is C21H25BrO3S. The molecule has 0 saturated carbocycles. The molecule has 0 radical (unpaired) electrons. The Bertz CT molecular complexity index is 904. The number of ether oxygens (including phenoxy) is 1. The van der Waals surface area contributed by atoms with Crippen LogP contribution < -0.4 is 4.74 Å². The quantitative estimate of drug-likeness (QED) is 0.388. The van der Waals surface area contributed by atoms with E-state index in [2.05, 4.69) is 22.9 Å². The highest BCUT2D eigenvalue weighted by atomic mass is 79.9. The Morgan fingerprint density at radius 1 is 0.923 bits per heavy atom. The smallest absolute Gasteiger partial charge is 0.207 e. The molecule has 0 saturated heterocycles. The Morgan fingerprint density at radius 3 is 2.38 bits per heavy atom. The summed E-state index contributed by atoms with van der Waals surface area (Å²) in [5.74, 6) is 0.737. The van der Waals surface area contributed by atoms with Crippen LogP contribution in [0.3, 0.4) is 0 Å². The van der Waals surface area contributed by atoms with Gasteiger partial charge in [-0.05, 0) is 49.2 Å². The van der Waals surface area contributed by atoms with Gasteiger partial charge in [-0.3, -0.25) is 0 Å². The molecule has 0 fully saturated rings. The van der Waals surface area contributed by atoms with Gasteiger partial charge in [0.05, 0.1) is 16.4 Å². The maximum absolute atomic E-state index is 12.8. The van der Waals surface area contributed by atoms with Crippen LogP contribution in [-0.4, -0.2) is 15.0 Å². The minimum absolute atomic E-state index is 0.372. The third-order valence-corrected chi connectivity index (χ3v) is 7.55. The summed E-state index contributed by atoms with van der Waals surface area (Å²) in [7, 11) is -3.44. The highest BCUT2D eigenvalue weighted by Gasteiger charge is 2.33. The van der Waals surface area contributed by atoms with Crippen molar-refractivity contribution >= 4 is 25.8 Å². The highest BCUT2D eigenvalue weighted by molar-refractivity contribution is 9.10. The van der Waals surface area contributed by atoms with Crippen LogP contribution in [0.15, 0.2) is 44.6 Å². The fraction of sp³-hybridized carbons (Fsp3) is 0.429. The van der Waals surface area contributed by atoms with E-state index in [0.29, 0.717) is 16.4 Å². The standard InChI is InChI=1S/C21H25BrO3S/c1-3-4-5-6-7-8-11-25-16-9-10-20-18(13-16)17-12-15(2)19(22)14-21(17)26(20,23)24/h9-10,12-14H,3-8,11H2,1-2H3. The predicted molar refractivity (Wildman–Crippen MR) is 109 cm³/mol. The van der Waals surface area contributed by atoms with Gasteiger partial charge in [-0.1, -0.05) is 55.0 Å². The Hall–Kier alpha value is -1.33. The predicted octanol–water partition coefficient (Wildman–Crippen LogP) is 6.31. The molecule has 0 N–H and O–H groups in total. The number of hydrogen-bond donors (Lipinski definition) is 0. The molecule has 3 rings (SSSR count). The van der Waals surface area contributed by atoms with Gasteiger partial charge in [0.25, 0.3) is 0 Å². The molecule has 0 amide bonds. The van der Waals surface area contributed by atoms with Crippen LogP contribution in [0.4, 0.5) is 0 Å². The van der Waals surface area contributed by atoms with Gasteiger partial charge in [-0.2, -0.15) is 0 Å². The minimum atomic E-state index is -3.44. The number of halogens is 1. The van der Waals surface area contributed by atoms with Crippen molar-refractivity contribution in [2.24, 2.45) is 0 Å². The third kappa shape index (κ3) is 3.84. The van der Waals surface area contributed by atoms with Crippen LogP contribution in [0.5, 0.6) is 5.75 Å². The summed E-state index contributed by atoms with van der Waals surface area (Å²) in [6, 6.07) is 8.94. The zero-order valence-corrected chi connectivity index (χ0v) is 17.7. The maximum atomic E-state index is 12.8. The Labute approximate surface area is 164 Å². The normalized spacial score (nSPS) is 14.1. The molecule has 0 spiro atoms. The van der Waals surface area contributed by atoms with Gasteiger partial charge >= 0.3 is 0 Å². The van der Waals surface area contributed by atoms with Crippen molar-refractivity contribution in [3.63, 3.8) is 0 Å². The number of hydrogen-bond acceptors (Lipinski definition) is 3. The molecule has 0 bridgehead atoms. The largest absolute Gasteiger partial charge is 0.494 e. The molecule has 1 heterocycles. The first-order valence-electron chi connectivity index (χ1n) is 9.27. The molecule has 0 atom stereocenters. The van der Waals surface area contributed by atoms with E-state index in [9.17, 15) is 8.42 Å². The molecule has 1 aliphatic heterocycles. The van der Waals surface area contributed by atoms with Crippen molar-refractivity contribution in [3.05, 3.63) is 40.4 Å². The van der Waals surface area contributed by atoms with Crippen molar-refractivity contribution in [2.45, 2.75) is 62.2 Å². The number of unbranched alkanes of at least 4 members (excludes halogenated alkanes) is 5. The molecule has 5 heteroatoms. The van der Waals surface area contributed by atoms with Crippen molar-refractivity contribution in [3.8, 4) is 16.9 Å². The van der Waals surface area contributed by atoms with Crippen LogP contribution in [0.25, 0.3) is 11.1 Å². The number of benzene rings is 2. The van der Waals surface area contributed by atoms with Gasteiger partial charge in [0.1, 0.15) is 5.75 Å². The van der Waals surface area contributed by atoms with E-state index in [4.69, 9.17) is 4.74 Å². The summed E-state index contributed by atoms with van der Waals surface area (Å²) in [5, 5.41) is 0. The lowest BCUT2D eigenvalue weighted by atomic mass is 10.0. The van der Waals surface area contributed by atoms with Crippen LogP contribution in [0.1, 0.15) is 51.0 Å². The second-order valence-electron chi connectivity index (χ2n) is 6.88. The number of sulfone groups is 1. The zero-order valence-electron chi connectivity index (χ0n) is 15.3. The third-order valence-electron chi connectivity index (χ3n) is 4.85. The van der Waals surface area contributed by atoms with Gasteiger partial charge < -0.3 is 4.74 Å². The summed E-state index contributed by atoms with van der Waals surface area (Å²) >= 11 is 3.44. The lowest BCUT2D eigenvalue weighted by molar-refractivity contribution is 0.304. The number of fused-ring (bicyclic) bond motifs is 3. The molecule has 2 aromatic carbocycles. The van der Waals surface area contributed by atoms with Crippen LogP contribution in [0.2, 0.25) is 0 Å². The molecule has 26 heavy (non-hydrogen) atoms. The monoisotopic (exact) mass is 436 g/mol. The van der Waals surface area contributed by atoms with E-state index < -0.39 is 9.84 Å². The van der Waals surface area contributed by atoms with E-state index in [0.717, 1.165) is 33.3 Å². The number of rotatable bonds is 8. The van der Waals surface area contributed by atoms with E-state index in [1.54, 1.807) is 18.2 Å². The van der Waals surface area contributed by atoms with Gasteiger partial charge in [-0.25, -0.2) is 8.42 Å². The molecule has 2 aromatic rings. The van der Waals surface area contributed by atoms with Crippen molar-refractivity contribution < 1.29 is 13.2 Å². The lowest BCUT2D eigenvalue weighted by Crippen LogP contribution is -1.99. The Kier molecular flexibility index (Phi) is 6.08. The van der Waals surface area contributed by atoms with E-state index in [1.807, 2.05) is 19.1 Å². The average molecular weight is 437 g/mol. The SMILES string of the molecule is CCCCCCCCOc1ccc2c(c1)-c1cc(C)c(Br)cc1S2(=O)=O. The topological polar surface area (TPSA) is 43.4 Å². The van der Waals surface area contributed by atoms with Gasteiger partial charge in [0.15, 0.2) is 0 Å². The second kappa shape index (κ2) is 8.13. The summed E-state index contributed by atoms with van der Waals surface area (Å²) in [6.45, 7) is 4.85. The highest BCUT2D eigenvalue weighted by Crippen LogP contribution is 2.46. The molecule has 0 unspecified atom stereocenters. The van der Waals surface area contributed by atoms with E-state index in [1.165, 1.54) is 32.1 Å². The van der Waals surface area contributed by atoms with Crippen molar-refractivity contribution in [1.29, 1.82) is 0 Å². The minimum Gasteiger partial charge on any atom is -0.494 e. The van der Waals surface area contributed by atoms with Crippen LogP contribution in [-0.2, 0) is 9.84 Å². The molecule has 3 nitrogen and oxygen atoms in total. The fourth-order valence-electron chi connectivity index (χ4n) is 3.33. The first-order valence-corrected chi connectivity index (χ1v) is 11.5. The molecule has 0 aromatic heterocycles. The summed E-state index contributed by atoms with van der Waals surface area (Å²) in [6.07, 6.45) is 7.30. The van der Waals surface area contributed by atoms with Crippen molar-refractivity contribution in [2.75, 3.05) is 6.61 Å². The summed E-state index contributed by atoms with van der Waals surface area (Å²) in [5.41, 5.74) is 2.53. The lowest BCUT2D eigenvalue weighted by Gasteiger charge is -2.08. The van der Waals surface area contributed by atoms with Gasteiger partial charge in [0, 0.05) is 15.6 Å². The first-order chi connectivity index (χ1) is 12.4. The number of aryl methyl sites for hydroxylation is 1. The average Bonchev–Trinajstić information content (AvgIpc) is 2.82. The Balaban J connectivity index is 1.74. The van der Waals surface area contributed by atoms with E-state index >= 15 is 0 Å². The fourth-order valence-corrected chi connectivity index (χ4v) is 5.50. The molecule has 1 aliphatic rings. The maximum Gasteiger partial charge on any atom is 0.207 e. The first kappa shape index (κ1) is 19.4. The molecular weight excluding hydrogens is 412 g/mol. The molecule has 0 aliphatic carbocycles. The zero-order chi connectivity index (χ0) is 18.7. The van der Waals surface area contributed by atoms with Gasteiger partial charge in [0.2, 0.25) is 9.84 Å². The van der Waals surface area contributed by atoms with Crippen LogP contribution >= 0.6 is 15.9 Å². The molecule has 140 valence electrons. The van der Waals surface area contributed by atoms with E-state index in [-0.39, 0.29) is 0 Å². The summed E-state index contributed by atoms with van der Waals surface area (Å²) in [4.78, 5) is 0.745. The van der Waals surface area contributed by atoms with Gasteiger partial charge in [-0.15, -0.1) is 0 Å². The Morgan fingerprint density at radius 2 is 1.62 bits per heavy atom.